The van der Waals surface area contributed by atoms with Crippen LogP contribution in [0, 0.1) is 5.41 Å². The largest absolute Gasteiger partial charge is 0.466 e. The quantitative estimate of drug-likeness (QED) is 0.540. The third kappa shape index (κ3) is 7.76. The predicted octanol–water partition coefficient (Wildman–Crippen LogP) is 0.997. The van der Waals surface area contributed by atoms with Crippen LogP contribution in [0.4, 0.5) is 0 Å². The highest BCUT2D eigenvalue weighted by Gasteiger charge is 2.24. The van der Waals surface area contributed by atoms with E-state index in [9.17, 15) is 14.4 Å². The molecule has 2 N–H and O–H groups in total. The fourth-order valence-electron chi connectivity index (χ4n) is 1.31. The molecule has 0 heterocycles. The Labute approximate surface area is 120 Å². The minimum absolute atomic E-state index is 0.174. The fraction of sp³-hybridized carbons (Fsp3) is 0.786. The molecule has 0 rings (SSSR count). The van der Waals surface area contributed by atoms with E-state index in [0.717, 1.165) is 0 Å². The summed E-state index contributed by atoms with van der Waals surface area (Å²) in [6.07, 6.45) is 0.793. The third-order valence-corrected chi connectivity index (χ3v) is 2.58. The Hall–Kier alpha value is -1.59. The smallest absolute Gasteiger partial charge is 0.305 e. The van der Waals surface area contributed by atoms with Crippen molar-refractivity contribution in [3.63, 3.8) is 0 Å². The average Bonchev–Trinajstić information content (AvgIpc) is 2.33. The topological polar surface area (TPSA) is 84.5 Å². The van der Waals surface area contributed by atoms with Crippen LogP contribution in [-0.4, -0.2) is 37.0 Å². The highest BCUT2D eigenvalue weighted by atomic mass is 16.5. The summed E-state index contributed by atoms with van der Waals surface area (Å²) in [5.41, 5.74) is -0.529. The molecule has 0 aromatic carbocycles. The minimum atomic E-state index is -0.593. The van der Waals surface area contributed by atoms with Gasteiger partial charge in [-0.3, -0.25) is 14.4 Å². The van der Waals surface area contributed by atoms with Crippen LogP contribution in [-0.2, 0) is 19.1 Å². The van der Waals surface area contributed by atoms with Crippen molar-refractivity contribution in [1.29, 1.82) is 0 Å². The summed E-state index contributed by atoms with van der Waals surface area (Å²) in [7, 11) is 0. The van der Waals surface area contributed by atoms with Gasteiger partial charge in [0.25, 0.3) is 0 Å². The van der Waals surface area contributed by atoms with E-state index in [1.54, 1.807) is 34.6 Å². The monoisotopic (exact) mass is 286 g/mol. The Balaban J connectivity index is 3.92. The zero-order valence-corrected chi connectivity index (χ0v) is 13.0. The zero-order chi connectivity index (χ0) is 15.8. The van der Waals surface area contributed by atoms with Crippen molar-refractivity contribution in [2.45, 2.75) is 53.5 Å². The molecule has 1 atom stereocenters. The van der Waals surface area contributed by atoms with E-state index in [2.05, 4.69) is 10.6 Å². The summed E-state index contributed by atoms with van der Waals surface area (Å²) in [5, 5.41) is 5.32. The third-order valence-electron chi connectivity index (χ3n) is 2.58. The van der Waals surface area contributed by atoms with Crippen LogP contribution >= 0.6 is 0 Å². The lowest BCUT2D eigenvalue weighted by Gasteiger charge is -2.21. The lowest BCUT2D eigenvalue weighted by Crippen LogP contribution is -2.48. The van der Waals surface area contributed by atoms with Crippen LogP contribution in [0.25, 0.3) is 0 Å². The maximum atomic E-state index is 11.7. The maximum absolute atomic E-state index is 11.7. The number of ether oxygens (including phenoxy) is 1. The van der Waals surface area contributed by atoms with Crippen LogP contribution in [0.15, 0.2) is 0 Å². The molecule has 1 unspecified atom stereocenters. The van der Waals surface area contributed by atoms with E-state index in [4.69, 9.17) is 4.74 Å². The lowest BCUT2D eigenvalue weighted by atomic mass is 9.95. The summed E-state index contributed by atoms with van der Waals surface area (Å²) in [4.78, 5) is 34.5. The molecular weight excluding hydrogens is 260 g/mol. The molecule has 0 spiro atoms. The van der Waals surface area contributed by atoms with E-state index in [1.165, 1.54) is 0 Å². The first-order valence-electron chi connectivity index (χ1n) is 6.92. The van der Waals surface area contributed by atoms with E-state index in [1.807, 2.05) is 0 Å². The van der Waals surface area contributed by atoms with Crippen LogP contribution < -0.4 is 10.6 Å². The molecule has 6 nitrogen and oxygen atoms in total. The van der Waals surface area contributed by atoms with Gasteiger partial charge in [0.2, 0.25) is 11.8 Å². The SMILES string of the molecule is CCOC(=O)CCCNC(=O)C(C)NC(=O)C(C)(C)C. The standard InChI is InChI=1S/C14H26N2O4/c1-6-20-11(17)8-7-9-15-12(18)10(2)16-13(19)14(3,4)5/h10H,6-9H2,1-5H3,(H,15,18)(H,16,19). The Morgan fingerprint density at radius 2 is 1.80 bits per heavy atom. The highest BCUT2D eigenvalue weighted by Crippen LogP contribution is 2.12. The number of esters is 1. The molecule has 0 aromatic heterocycles. The number of carbonyl (C=O) groups is 3. The van der Waals surface area contributed by atoms with Crippen LogP contribution in [0.2, 0.25) is 0 Å². The Kier molecular flexibility index (Phi) is 7.87. The molecule has 0 aromatic rings. The summed E-state index contributed by atoms with van der Waals surface area (Å²) >= 11 is 0. The van der Waals surface area contributed by atoms with Gasteiger partial charge in [-0.15, -0.1) is 0 Å². The van der Waals surface area contributed by atoms with Gasteiger partial charge in [0.05, 0.1) is 6.61 Å². The molecule has 0 radical (unpaired) electrons. The van der Waals surface area contributed by atoms with Crippen LogP contribution in [0.5, 0.6) is 0 Å². The van der Waals surface area contributed by atoms with Crippen molar-refractivity contribution in [3.8, 4) is 0 Å². The normalized spacial score (nSPS) is 12.4. The van der Waals surface area contributed by atoms with Gasteiger partial charge in [-0.05, 0) is 20.3 Å². The molecule has 0 aliphatic heterocycles. The molecule has 116 valence electrons. The first-order chi connectivity index (χ1) is 9.18. The second kappa shape index (κ2) is 8.55. The van der Waals surface area contributed by atoms with Gasteiger partial charge < -0.3 is 15.4 Å². The molecule has 6 heteroatoms. The summed E-state index contributed by atoms with van der Waals surface area (Å²) in [6.45, 7) is 9.48. The molecule has 2 amide bonds. The van der Waals surface area contributed by atoms with Gasteiger partial charge in [0.1, 0.15) is 6.04 Å². The van der Waals surface area contributed by atoms with Crippen molar-refractivity contribution in [1.82, 2.24) is 10.6 Å². The Morgan fingerprint density at radius 1 is 1.20 bits per heavy atom. The second-order valence-electron chi connectivity index (χ2n) is 5.64. The van der Waals surface area contributed by atoms with Gasteiger partial charge in [0, 0.05) is 18.4 Å². The highest BCUT2D eigenvalue weighted by molar-refractivity contribution is 5.89. The molecule has 0 fully saturated rings. The van der Waals surface area contributed by atoms with Crippen molar-refractivity contribution in [2.75, 3.05) is 13.2 Å². The number of nitrogens with one attached hydrogen (secondary N) is 2. The molecule has 0 aliphatic carbocycles. The maximum Gasteiger partial charge on any atom is 0.305 e. The van der Waals surface area contributed by atoms with Gasteiger partial charge >= 0.3 is 5.97 Å². The summed E-state index contributed by atoms with van der Waals surface area (Å²) in [5.74, 6) is -0.700. The van der Waals surface area contributed by atoms with E-state index >= 15 is 0 Å². The first-order valence-corrected chi connectivity index (χ1v) is 6.92. The molecule has 0 aliphatic rings. The van der Waals surface area contributed by atoms with Crippen molar-refractivity contribution in [2.24, 2.45) is 5.41 Å². The van der Waals surface area contributed by atoms with Crippen LogP contribution in [0.3, 0.4) is 0 Å². The molecule has 20 heavy (non-hydrogen) atoms. The molecular formula is C14H26N2O4. The van der Waals surface area contributed by atoms with Gasteiger partial charge in [-0.25, -0.2) is 0 Å². The average molecular weight is 286 g/mol. The Bertz CT molecular complexity index is 348. The van der Waals surface area contributed by atoms with Crippen molar-refractivity contribution >= 4 is 17.8 Å². The molecule has 0 saturated carbocycles. The molecule has 0 bridgehead atoms. The van der Waals surface area contributed by atoms with Crippen LogP contribution in [0.1, 0.15) is 47.5 Å². The predicted molar refractivity (Wildman–Crippen MR) is 75.9 cm³/mol. The number of rotatable bonds is 7. The zero-order valence-electron chi connectivity index (χ0n) is 13.0. The summed E-state index contributed by atoms with van der Waals surface area (Å²) < 4.78 is 4.78. The van der Waals surface area contributed by atoms with Crippen molar-refractivity contribution in [3.05, 3.63) is 0 Å². The van der Waals surface area contributed by atoms with Gasteiger partial charge in [0.15, 0.2) is 0 Å². The molecule has 0 saturated heterocycles. The van der Waals surface area contributed by atoms with E-state index < -0.39 is 11.5 Å². The minimum Gasteiger partial charge on any atom is -0.466 e. The van der Waals surface area contributed by atoms with E-state index in [0.29, 0.717) is 19.6 Å². The first kappa shape index (κ1) is 18.4. The van der Waals surface area contributed by atoms with Crippen molar-refractivity contribution < 1.29 is 19.1 Å². The number of amides is 2. The van der Waals surface area contributed by atoms with Gasteiger partial charge in [-0.2, -0.15) is 0 Å². The lowest BCUT2D eigenvalue weighted by molar-refractivity contribution is -0.143. The summed E-state index contributed by atoms with van der Waals surface area (Å²) in [6, 6.07) is -0.593. The fourth-order valence-corrected chi connectivity index (χ4v) is 1.31. The Morgan fingerprint density at radius 3 is 2.30 bits per heavy atom. The van der Waals surface area contributed by atoms with E-state index in [-0.39, 0.29) is 24.2 Å². The number of hydrogen-bond acceptors (Lipinski definition) is 4. The second-order valence-corrected chi connectivity index (χ2v) is 5.64. The number of carbonyl (C=O) groups excluding carboxylic acids is 3. The number of hydrogen-bond donors (Lipinski definition) is 2. The van der Waals surface area contributed by atoms with Gasteiger partial charge in [-0.1, -0.05) is 20.8 Å².